The number of rotatable bonds is 2. The van der Waals surface area contributed by atoms with E-state index in [1.807, 2.05) is 37.1 Å². The Labute approximate surface area is 161 Å². The largest absolute Gasteiger partial charge is 0.356 e. The maximum atomic E-state index is 12.8. The molecule has 1 amide bonds. The molecule has 2 fully saturated rings. The highest BCUT2D eigenvalue weighted by Gasteiger charge is 2.45. The topological polar surface area (TPSA) is 49.3 Å². The SMILES string of the molecule is Cc1ncnc(N2CCC3(CC2)C[C@H](c2ccccc2)C(=O)N(C)C3)c1C. The molecule has 1 aromatic heterocycles. The first-order valence-electron chi connectivity index (χ1n) is 9.82. The van der Waals surface area contributed by atoms with Gasteiger partial charge in [-0.3, -0.25) is 4.79 Å². The second-order valence-corrected chi connectivity index (χ2v) is 8.26. The molecule has 2 aliphatic rings. The summed E-state index contributed by atoms with van der Waals surface area (Å²) in [7, 11) is 1.96. The van der Waals surface area contributed by atoms with E-state index in [-0.39, 0.29) is 17.2 Å². The zero-order valence-corrected chi connectivity index (χ0v) is 16.5. The first kappa shape index (κ1) is 18.0. The number of likely N-dealkylation sites (tertiary alicyclic amines) is 1. The standard InChI is InChI=1S/C22H28N4O/c1-16-17(2)23-15-24-20(16)26-11-9-22(10-12-26)13-19(21(27)25(3)14-22)18-7-5-4-6-8-18/h4-8,15,19H,9-14H2,1-3H3/t19-/m1/s1. The third-order valence-corrected chi connectivity index (χ3v) is 6.52. The van der Waals surface area contributed by atoms with E-state index in [4.69, 9.17) is 0 Å². The fourth-order valence-electron chi connectivity index (χ4n) is 4.78. The van der Waals surface area contributed by atoms with Gasteiger partial charge in [0.25, 0.3) is 0 Å². The van der Waals surface area contributed by atoms with Gasteiger partial charge in [-0.2, -0.15) is 0 Å². The maximum absolute atomic E-state index is 12.8. The van der Waals surface area contributed by atoms with E-state index in [2.05, 4.69) is 33.9 Å². The number of amides is 1. The lowest BCUT2D eigenvalue weighted by molar-refractivity contribution is -0.138. The Hall–Kier alpha value is -2.43. The molecule has 5 heteroatoms. The van der Waals surface area contributed by atoms with Gasteiger partial charge >= 0.3 is 0 Å². The van der Waals surface area contributed by atoms with Gasteiger partial charge in [0.05, 0.1) is 5.92 Å². The van der Waals surface area contributed by atoms with Crippen LogP contribution < -0.4 is 4.90 Å². The van der Waals surface area contributed by atoms with Crippen LogP contribution in [0.25, 0.3) is 0 Å². The zero-order chi connectivity index (χ0) is 19.0. The molecule has 1 spiro atoms. The third-order valence-electron chi connectivity index (χ3n) is 6.52. The molecule has 3 heterocycles. The number of nitrogens with zero attached hydrogens (tertiary/aromatic N) is 4. The maximum Gasteiger partial charge on any atom is 0.229 e. The van der Waals surface area contributed by atoms with Gasteiger partial charge in [-0.1, -0.05) is 30.3 Å². The first-order chi connectivity index (χ1) is 13.0. The van der Waals surface area contributed by atoms with Crippen LogP contribution in [0.3, 0.4) is 0 Å². The molecule has 142 valence electrons. The average molecular weight is 364 g/mol. The van der Waals surface area contributed by atoms with E-state index in [9.17, 15) is 4.79 Å². The molecule has 0 bridgehead atoms. The number of aryl methyl sites for hydroxylation is 1. The number of piperidine rings is 2. The minimum atomic E-state index is -0.0143. The van der Waals surface area contributed by atoms with Crippen molar-refractivity contribution < 1.29 is 4.79 Å². The summed E-state index contributed by atoms with van der Waals surface area (Å²) in [6.45, 7) is 6.98. The lowest BCUT2D eigenvalue weighted by Gasteiger charge is -2.49. The van der Waals surface area contributed by atoms with Crippen LogP contribution in [0.1, 0.15) is 42.0 Å². The molecule has 0 radical (unpaired) electrons. The van der Waals surface area contributed by atoms with E-state index in [0.717, 1.165) is 56.0 Å². The molecule has 27 heavy (non-hydrogen) atoms. The predicted octanol–water partition coefficient (Wildman–Crippen LogP) is 3.33. The van der Waals surface area contributed by atoms with Crippen molar-refractivity contribution in [3.05, 3.63) is 53.5 Å². The van der Waals surface area contributed by atoms with Crippen molar-refractivity contribution in [3.63, 3.8) is 0 Å². The summed E-state index contributed by atoms with van der Waals surface area (Å²) in [6.07, 6.45) is 4.81. The normalized spacial score (nSPS) is 22.3. The van der Waals surface area contributed by atoms with Crippen molar-refractivity contribution >= 4 is 11.7 Å². The smallest absolute Gasteiger partial charge is 0.229 e. The summed E-state index contributed by atoms with van der Waals surface area (Å²) in [4.78, 5) is 26.0. The third kappa shape index (κ3) is 3.31. The van der Waals surface area contributed by atoms with E-state index in [1.54, 1.807) is 6.33 Å². The van der Waals surface area contributed by atoms with Crippen LogP contribution in [0.4, 0.5) is 5.82 Å². The molecular weight excluding hydrogens is 336 g/mol. The molecule has 2 aromatic rings. The van der Waals surface area contributed by atoms with E-state index in [0.29, 0.717) is 0 Å². The highest BCUT2D eigenvalue weighted by Crippen LogP contribution is 2.45. The Kier molecular flexibility index (Phi) is 4.62. The number of carbonyl (C=O) groups is 1. The van der Waals surface area contributed by atoms with E-state index in [1.165, 1.54) is 5.56 Å². The molecular formula is C22H28N4O. The lowest BCUT2D eigenvalue weighted by atomic mass is 9.67. The number of anilines is 1. The molecule has 0 aliphatic carbocycles. The molecule has 5 nitrogen and oxygen atoms in total. The number of aromatic nitrogens is 2. The lowest BCUT2D eigenvalue weighted by Crippen LogP contribution is -2.53. The minimum Gasteiger partial charge on any atom is -0.356 e. The quantitative estimate of drug-likeness (QED) is 0.820. The number of carbonyl (C=O) groups excluding carboxylic acids is 1. The monoisotopic (exact) mass is 364 g/mol. The van der Waals surface area contributed by atoms with Gasteiger partial charge < -0.3 is 9.80 Å². The van der Waals surface area contributed by atoms with Crippen LogP contribution >= 0.6 is 0 Å². The van der Waals surface area contributed by atoms with Crippen molar-refractivity contribution in [1.29, 1.82) is 0 Å². The van der Waals surface area contributed by atoms with Crippen molar-refractivity contribution in [1.82, 2.24) is 14.9 Å². The highest BCUT2D eigenvalue weighted by molar-refractivity contribution is 5.84. The predicted molar refractivity (Wildman–Crippen MR) is 107 cm³/mol. The number of hydrogen-bond donors (Lipinski definition) is 0. The molecule has 0 saturated carbocycles. The van der Waals surface area contributed by atoms with Gasteiger partial charge in [0.1, 0.15) is 12.1 Å². The Morgan fingerprint density at radius 3 is 2.48 bits per heavy atom. The zero-order valence-electron chi connectivity index (χ0n) is 16.5. The average Bonchev–Trinajstić information content (AvgIpc) is 2.69. The van der Waals surface area contributed by atoms with Crippen molar-refractivity contribution in [2.45, 2.75) is 39.0 Å². The summed E-state index contributed by atoms with van der Waals surface area (Å²) in [5.41, 5.74) is 3.58. The summed E-state index contributed by atoms with van der Waals surface area (Å²) in [5, 5.41) is 0. The van der Waals surface area contributed by atoms with Crippen molar-refractivity contribution in [2.24, 2.45) is 5.41 Å². The second-order valence-electron chi connectivity index (χ2n) is 8.26. The van der Waals surface area contributed by atoms with Gasteiger partial charge in [-0.25, -0.2) is 9.97 Å². The van der Waals surface area contributed by atoms with Crippen LogP contribution in [0.2, 0.25) is 0 Å². The number of hydrogen-bond acceptors (Lipinski definition) is 4. The Balaban J connectivity index is 1.53. The van der Waals surface area contributed by atoms with Gasteiger partial charge in [-0.15, -0.1) is 0 Å². The Morgan fingerprint density at radius 2 is 1.78 bits per heavy atom. The summed E-state index contributed by atoms with van der Waals surface area (Å²) >= 11 is 0. The summed E-state index contributed by atoms with van der Waals surface area (Å²) in [5.74, 6) is 1.31. The Bertz CT molecular complexity index is 827. The van der Waals surface area contributed by atoms with Crippen molar-refractivity contribution in [2.75, 3.05) is 31.6 Å². The van der Waals surface area contributed by atoms with Crippen LogP contribution in [-0.2, 0) is 4.79 Å². The second kappa shape index (κ2) is 6.95. The first-order valence-corrected chi connectivity index (χ1v) is 9.82. The van der Waals surface area contributed by atoms with E-state index < -0.39 is 0 Å². The molecule has 0 unspecified atom stereocenters. The van der Waals surface area contributed by atoms with Crippen molar-refractivity contribution in [3.8, 4) is 0 Å². The molecule has 0 N–H and O–H groups in total. The van der Waals surface area contributed by atoms with Crippen LogP contribution in [0, 0.1) is 19.3 Å². The fraction of sp³-hybridized carbons (Fsp3) is 0.500. The van der Waals surface area contributed by atoms with E-state index >= 15 is 0 Å². The Morgan fingerprint density at radius 1 is 1.07 bits per heavy atom. The van der Waals surface area contributed by atoms with Crippen LogP contribution in [-0.4, -0.2) is 47.5 Å². The van der Waals surface area contributed by atoms with Gasteiger partial charge in [-0.05, 0) is 44.1 Å². The molecule has 2 saturated heterocycles. The van der Waals surface area contributed by atoms with Crippen LogP contribution in [0.15, 0.2) is 36.7 Å². The van der Waals surface area contributed by atoms with Gasteiger partial charge in [0.15, 0.2) is 0 Å². The van der Waals surface area contributed by atoms with Gasteiger partial charge in [0, 0.05) is 37.9 Å². The van der Waals surface area contributed by atoms with Gasteiger partial charge in [0.2, 0.25) is 5.91 Å². The summed E-state index contributed by atoms with van der Waals surface area (Å²) < 4.78 is 0. The molecule has 2 aliphatic heterocycles. The number of benzene rings is 1. The highest BCUT2D eigenvalue weighted by atomic mass is 16.2. The van der Waals surface area contributed by atoms with Crippen LogP contribution in [0.5, 0.6) is 0 Å². The number of likely N-dealkylation sites (N-methyl/N-ethyl adjacent to an activating group) is 1. The minimum absolute atomic E-state index is 0.0143. The summed E-state index contributed by atoms with van der Waals surface area (Å²) in [6, 6.07) is 10.3. The molecule has 1 aromatic carbocycles. The fourth-order valence-corrected chi connectivity index (χ4v) is 4.78. The molecule has 4 rings (SSSR count). The molecule has 1 atom stereocenters.